The molecule has 0 radical (unpaired) electrons. The van der Waals surface area contributed by atoms with Gasteiger partial charge in [-0.1, -0.05) is 26.8 Å². The first-order valence-corrected chi connectivity index (χ1v) is 6.84. The Kier molecular flexibility index (Phi) is 3.63. The van der Waals surface area contributed by atoms with Crippen molar-refractivity contribution in [2.24, 2.45) is 7.05 Å². The summed E-state index contributed by atoms with van der Waals surface area (Å²) >= 11 is 0. The average Bonchev–Trinajstić information content (AvgIpc) is 2.39. The van der Waals surface area contributed by atoms with Crippen LogP contribution in [-0.4, -0.2) is 0 Å². The molecule has 2 nitrogen and oxygen atoms in total. The molecule has 1 heterocycles. The number of hydrogen-bond donors (Lipinski definition) is 0. The number of aromatic nitrogens is 1. The lowest BCUT2D eigenvalue weighted by atomic mass is 9.86. The highest BCUT2D eigenvalue weighted by atomic mass is 14.9. The van der Waals surface area contributed by atoms with Crippen molar-refractivity contribution in [3.8, 4) is 17.3 Å². The van der Waals surface area contributed by atoms with E-state index in [1.165, 1.54) is 11.1 Å². The Morgan fingerprint density at radius 2 is 1.80 bits per heavy atom. The first-order chi connectivity index (χ1) is 9.32. The second-order valence-corrected chi connectivity index (χ2v) is 6.30. The lowest BCUT2D eigenvalue weighted by Gasteiger charge is -2.19. The topological polar surface area (TPSA) is 27.7 Å². The molecule has 0 fully saturated rings. The molecule has 0 saturated carbocycles. The van der Waals surface area contributed by atoms with E-state index >= 15 is 0 Å². The second-order valence-electron chi connectivity index (χ2n) is 6.30. The molecular weight excluding hydrogens is 244 g/mol. The molecule has 0 unspecified atom stereocenters. The molecule has 2 aromatic rings. The molecular formula is C18H21N2+. The van der Waals surface area contributed by atoms with Crippen molar-refractivity contribution in [2.75, 3.05) is 0 Å². The van der Waals surface area contributed by atoms with Crippen LogP contribution in [0.5, 0.6) is 0 Å². The summed E-state index contributed by atoms with van der Waals surface area (Å²) in [5.74, 6) is 0. The van der Waals surface area contributed by atoms with Crippen molar-refractivity contribution >= 4 is 0 Å². The highest BCUT2D eigenvalue weighted by Gasteiger charge is 2.20. The maximum atomic E-state index is 9.10. The molecule has 0 bridgehead atoms. The Bertz CT molecular complexity index is 686. The van der Waals surface area contributed by atoms with Gasteiger partial charge < -0.3 is 0 Å². The van der Waals surface area contributed by atoms with Gasteiger partial charge in [0, 0.05) is 12.1 Å². The SMILES string of the molecule is Cc1ccc(C#N)cc1-c1cc(C(C)(C)C)cc[n+]1C. The second kappa shape index (κ2) is 5.09. The molecule has 2 heteroatoms. The number of aryl methyl sites for hydroxylation is 2. The fraction of sp³-hybridized carbons (Fsp3) is 0.333. The monoisotopic (exact) mass is 265 g/mol. The van der Waals surface area contributed by atoms with Crippen LogP contribution in [0.3, 0.4) is 0 Å². The van der Waals surface area contributed by atoms with Gasteiger partial charge in [-0.3, -0.25) is 0 Å². The zero-order chi connectivity index (χ0) is 14.9. The summed E-state index contributed by atoms with van der Waals surface area (Å²) in [6.45, 7) is 8.72. The third kappa shape index (κ3) is 2.72. The van der Waals surface area contributed by atoms with E-state index in [4.69, 9.17) is 5.26 Å². The highest BCUT2D eigenvalue weighted by molar-refractivity contribution is 5.64. The van der Waals surface area contributed by atoms with Gasteiger partial charge >= 0.3 is 0 Å². The predicted octanol–water partition coefficient (Wildman–Crippen LogP) is 3.66. The number of rotatable bonds is 1. The number of benzene rings is 1. The van der Waals surface area contributed by atoms with Gasteiger partial charge in [0.1, 0.15) is 7.05 Å². The van der Waals surface area contributed by atoms with Gasteiger partial charge in [0.15, 0.2) is 6.20 Å². The van der Waals surface area contributed by atoms with Crippen molar-refractivity contribution in [2.45, 2.75) is 33.1 Å². The van der Waals surface area contributed by atoms with Crippen LogP contribution in [0, 0.1) is 18.3 Å². The first-order valence-electron chi connectivity index (χ1n) is 6.84. The molecule has 0 aliphatic carbocycles. The van der Waals surface area contributed by atoms with E-state index in [2.05, 4.69) is 56.7 Å². The average molecular weight is 265 g/mol. The summed E-state index contributed by atoms with van der Waals surface area (Å²) in [7, 11) is 2.04. The molecule has 1 aromatic heterocycles. The van der Waals surface area contributed by atoms with Crippen LogP contribution in [0.4, 0.5) is 0 Å². The summed E-state index contributed by atoms with van der Waals surface area (Å²) in [5.41, 5.74) is 5.57. The Labute approximate surface area is 121 Å². The van der Waals surface area contributed by atoms with Gasteiger partial charge in [-0.15, -0.1) is 0 Å². The van der Waals surface area contributed by atoms with E-state index in [0.29, 0.717) is 5.56 Å². The normalized spacial score (nSPS) is 11.2. The van der Waals surface area contributed by atoms with Crippen molar-refractivity contribution in [1.29, 1.82) is 5.26 Å². The summed E-state index contributed by atoms with van der Waals surface area (Å²) < 4.78 is 2.11. The molecule has 1 aromatic carbocycles. The Hall–Kier alpha value is -2.14. The van der Waals surface area contributed by atoms with Gasteiger partial charge in [-0.25, -0.2) is 4.57 Å². The quantitative estimate of drug-likeness (QED) is 0.723. The Balaban J connectivity index is 2.67. The Morgan fingerprint density at radius 1 is 1.10 bits per heavy atom. The van der Waals surface area contributed by atoms with E-state index in [1.807, 2.05) is 25.2 Å². The number of pyridine rings is 1. The van der Waals surface area contributed by atoms with E-state index in [-0.39, 0.29) is 5.41 Å². The predicted molar refractivity (Wildman–Crippen MR) is 81.2 cm³/mol. The summed E-state index contributed by atoms with van der Waals surface area (Å²) in [5, 5.41) is 9.10. The molecule has 0 saturated heterocycles. The Morgan fingerprint density at radius 3 is 2.40 bits per heavy atom. The van der Waals surface area contributed by atoms with Crippen molar-refractivity contribution in [3.63, 3.8) is 0 Å². The molecule has 20 heavy (non-hydrogen) atoms. The van der Waals surface area contributed by atoms with Crippen LogP contribution >= 0.6 is 0 Å². The molecule has 0 spiro atoms. The van der Waals surface area contributed by atoms with Gasteiger partial charge in [-0.2, -0.15) is 5.26 Å². The van der Waals surface area contributed by atoms with E-state index < -0.39 is 0 Å². The van der Waals surface area contributed by atoms with Gasteiger partial charge in [0.2, 0.25) is 5.69 Å². The summed E-state index contributed by atoms with van der Waals surface area (Å²) in [6, 6.07) is 12.5. The van der Waals surface area contributed by atoms with Crippen molar-refractivity contribution in [1.82, 2.24) is 0 Å². The zero-order valence-electron chi connectivity index (χ0n) is 12.9. The number of hydrogen-bond acceptors (Lipinski definition) is 1. The third-order valence-corrected chi connectivity index (χ3v) is 3.66. The van der Waals surface area contributed by atoms with Gasteiger partial charge in [0.05, 0.1) is 17.2 Å². The minimum atomic E-state index is 0.115. The standard InChI is InChI=1S/C18H21N2/c1-13-6-7-14(12-19)10-16(13)17-11-15(18(2,3)4)8-9-20(17)5/h6-11H,1-5H3/q+1. The minimum absolute atomic E-state index is 0.115. The minimum Gasteiger partial charge on any atom is -0.201 e. The van der Waals surface area contributed by atoms with Crippen LogP contribution < -0.4 is 4.57 Å². The van der Waals surface area contributed by atoms with Crippen LogP contribution in [0.15, 0.2) is 36.5 Å². The lowest BCUT2D eigenvalue weighted by Crippen LogP contribution is -2.31. The highest BCUT2D eigenvalue weighted by Crippen LogP contribution is 2.27. The van der Waals surface area contributed by atoms with Crippen LogP contribution in [0.2, 0.25) is 0 Å². The largest absolute Gasteiger partial charge is 0.212 e. The lowest BCUT2D eigenvalue weighted by molar-refractivity contribution is -0.660. The smallest absolute Gasteiger partial charge is 0.201 e. The third-order valence-electron chi connectivity index (χ3n) is 3.66. The first kappa shape index (κ1) is 14.3. The molecule has 0 aliphatic rings. The summed E-state index contributed by atoms with van der Waals surface area (Å²) in [4.78, 5) is 0. The van der Waals surface area contributed by atoms with Gasteiger partial charge in [-0.05, 0) is 35.6 Å². The zero-order valence-corrected chi connectivity index (χ0v) is 12.9. The fourth-order valence-electron chi connectivity index (χ4n) is 2.27. The maximum Gasteiger partial charge on any atom is 0.212 e. The summed E-state index contributed by atoms with van der Waals surface area (Å²) in [6.07, 6.45) is 2.09. The number of nitrogens with zero attached hydrogens (tertiary/aromatic N) is 2. The van der Waals surface area contributed by atoms with E-state index in [9.17, 15) is 0 Å². The van der Waals surface area contributed by atoms with Crippen LogP contribution in [-0.2, 0) is 12.5 Å². The maximum absolute atomic E-state index is 9.10. The fourth-order valence-corrected chi connectivity index (χ4v) is 2.27. The van der Waals surface area contributed by atoms with Gasteiger partial charge in [0.25, 0.3) is 0 Å². The van der Waals surface area contributed by atoms with E-state index in [0.717, 1.165) is 11.3 Å². The molecule has 0 amide bonds. The number of nitriles is 1. The van der Waals surface area contributed by atoms with Crippen LogP contribution in [0.25, 0.3) is 11.3 Å². The molecule has 102 valence electrons. The van der Waals surface area contributed by atoms with Crippen molar-refractivity contribution in [3.05, 3.63) is 53.2 Å². The van der Waals surface area contributed by atoms with E-state index in [1.54, 1.807) is 0 Å². The molecule has 0 N–H and O–H groups in total. The molecule has 0 atom stereocenters. The molecule has 0 aliphatic heterocycles. The molecule has 2 rings (SSSR count). The van der Waals surface area contributed by atoms with Crippen LogP contribution in [0.1, 0.15) is 37.5 Å². The van der Waals surface area contributed by atoms with Crippen molar-refractivity contribution < 1.29 is 4.57 Å².